The van der Waals surface area contributed by atoms with Crippen LogP contribution >= 0.6 is 11.3 Å². The van der Waals surface area contributed by atoms with Crippen molar-refractivity contribution in [3.8, 4) is 0 Å². The lowest BCUT2D eigenvalue weighted by Crippen LogP contribution is -2.51. The van der Waals surface area contributed by atoms with E-state index in [0.717, 1.165) is 39.1 Å². The van der Waals surface area contributed by atoms with Crippen LogP contribution in [0.5, 0.6) is 0 Å². The Morgan fingerprint density at radius 3 is 2.33 bits per heavy atom. The third-order valence-corrected chi connectivity index (χ3v) is 5.04. The van der Waals surface area contributed by atoms with Gasteiger partial charge in [0, 0.05) is 44.1 Å². The Morgan fingerprint density at radius 1 is 1.17 bits per heavy atom. The molecule has 2 rings (SSSR count). The maximum Gasteiger partial charge on any atom is 0.414 e. The van der Waals surface area contributed by atoms with E-state index >= 15 is 0 Å². The largest absolute Gasteiger partial charge is 0.473 e. The first-order valence-electron chi connectivity index (χ1n) is 9.77. The lowest BCUT2D eigenvalue weighted by Gasteiger charge is -2.35. The van der Waals surface area contributed by atoms with Gasteiger partial charge >= 0.3 is 11.9 Å². The molecule has 0 aliphatic carbocycles. The highest BCUT2D eigenvalue weighted by molar-refractivity contribution is 7.09. The number of rotatable bonds is 10. The van der Waals surface area contributed by atoms with Crippen LogP contribution in [0.3, 0.4) is 0 Å². The first-order valence-corrected chi connectivity index (χ1v) is 10.7. The van der Waals surface area contributed by atoms with Crippen LogP contribution in [0.2, 0.25) is 0 Å². The second-order valence-electron chi connectivity index (χ2n) is 6.79. The van der Waals surface area contributed by atoms with E-state index in [1.54, 1.807) is 11.3 Å². The van der Waals surface area contributed by atoms with Gasteiger partial charge in [0.05, 0.1) is 25.9 Å². The van der Waals surface area contributed by atoms with Crippen LogP contribution in [0, 0.1) is 0 Å². The number of aliphatic hydroxyl groups excluding tert-OH is 1. The highest BCUT2D eigenvalue weighted by Gasteiger charge is 2.20. The Balaban J connectivity index is 0.000000656. The predicted octanol–water partition coefficient (Wildman–Crippen LogP) is -0.0750. The van der Waals surface area contributed by atoms with Crippen LogP contribution in [0.15, 0.2) is 17.5 Å². The average molecular weight is 446 g/mol. The smallest absolute Gasteiger partial charge is 0.414 e. The van der Waals surface area contributed by atoms with Crippen molar-refractivity contribution in [2.75, 3.05) is 52.4 Å². The van der Waals surface area contributed by atoms with Crippen LogP contribution < -0.4 is 5.32 Å². The lowest BCUT2D eigenvalue weighted by molar-refractivity contribution is -0.159. The molecule has 0 bridgehead atoms. The number of carboxylic acids is 2. The number of β-amino-alcohol motifs (C(OH)–C–C–N with tert-alkyl or cyclic N) is 1. The van der Waals surface area contributed by atoms with Gasteiger partial charge < -0.3 is 25.4 Å². The van der Waals surface area contributed by atoms with E-state index in [-0.39, 0.29) is 5.91 Å². The van der Waals surface area contributed by atoms with Crippen molar-refractivity contribution < 1.29 is 34.4 Å². The fourth-order valence-corrected chi connectivity index (χ4v) is 3.33. The highest BCUT2D eigenvalue weighted by Crippen LogP contribution is 2.10. The van der Waals surface area contributed by atoms with E-state index in [4.69, 9.17) is 24.5 Å². The molecule has 0 radical (unpaired) electrons. The molecule has 1 fully saturated rings. The number of hydrogen-bond donors (Lipinski definition) is 4. The van der Waals surface area contributed by atoms with Crippen molar-refractivity contribution in [1.29, 1.82) is 0 Å². The zero-order chi connectivity index (χ0) is 22.4. The van der Waals surface area contributed by atoms with Gasteiger partial charge in [-0.15, -0.1) is 11.3 Å². The normalized spacial score (nSPS) is 15.7. The molecule has 1 amide bonds. The molecule has 11 heteroatoms. The summed E-state index contributed by atoms with van der Waals surface area (Å²) in [5.41, 5.74) is 0. The van der Waals surface area contributed by atoms with Gasteiger partial charge in [0.2, 0.25) is 5.91 Å². The standard InChI is InChI=1S/C17H29N3O3S.C2H2O4/c1-2-5-18-17(22)12-20-8-6-19(7-9-20)11-15(21)13-23-14-16-4-3-10-24-16;3-1(4)2(5)6/h3-4,10,15,21H,2,5-9,11-14H2,1H3,(H,18,22);(H,3,4)(H,5,6). The van der Waals surface area contributed by atoms with Crippen LogP contribution in [0.1, 0.15) is 18.2 Å². The van der Waals surface area contributed by atoms with Gasteiger partial charge in [-0.3, -0.25) is 14.6 Å². The maximum absolute atomic E-state index is 11.7. The summed E-state index contributed by atoms with van der Waals surface area (Å²) in [7, 11) is 0. The quantitative estimate of drug-likeness (QED) is 0.364. The topological polar surface area (TPSA) is 140 Å². The molecule has 1 aliphatic rings. The summed E-state index contributed by atoms with van der Waals surface area (Å²) >= 11 is 1.66. The molecule has 1 aromatic heterocycles. The molecule has 1 atom stereocenters. The minimum atomic E-state index is -1.82. The highest BCUT2D eigenvalue weighted by atomic mass is 32.1. The Bertz CT molecular complexity index is 622. The van der Waals surface area contributed by atoms with E-state index in [1.165, 1.54) is 4.88 Å². The summed E-state index contributed by atoms with van der Waals surface area (Å²) in [6, 6.07) is 4.04. The van der Waals surface area contributed by atoms with Crippen molar-refractivity contribution >= 4 is 29.2 Å². The molecule has 1 aliphatic heterocycles. The number of carbonyl (C=O) groups excluding carboxylic acids is 1. The Labute approximate surface area is 180 Å². The Morgan fingerprint density at radius 2 is 1.80 bits per heavy atom. The molecule has 170 valence electrons. The Kier molecular flexibility index (Phi) is 12.9. The number of nitrogens with one attached hydrogen (secondary N) is 1. The van der Waals surface area contributed by atoms with Crippen LogP contribution in [0.25, 0.3) is 0 Å². The van der Waals surface area contributed by atoms with E-state index in [9.17, 15) is 9.90 Å². The molecule has 2 heterocycles. The van der Waals surface area contributed by atoms with E-state index < -0.39 is 18.0 Å². The fourth-order valence-electron chi connectivity index (χ4n) is 2.69. The first kappa shape index (κ1) is 26.0. The van der Waals surface area contributed by atoms with Crippen molar-refractivity contribution in [2.24, 2.45) is 0 Å². The van der Waals surface area contributed by atoms with Gasteiger partial charge in [0.15, 0.2) is 0 Å². The molecule has 1 aromatic rings. The minimum absolute atomic E-state index is 0.104. The minimum Gasteiger partial charge on any atom is -0.473 e. The monoisotopic (exact) mass is 445 g/mol. The number of carbonyl (C=O) groups is 3. The van der Waals surface area contributed by atoms with Crippen LogP contribution in [-0.2, 0) is 25.7 Å². The summed E-state index contributed by atoms with van der Waals surface area (Å²) in [6.45, 7) is 8.30. The summed E-state index contributed by atoms with van der Waals surface area (Å²) < 4.78 is 5.56. The molecule has 1 saturated heterocycles. The lowest BCUT2D eigenvalue weighted by atomic mass is 10.2. The maximum atomic E-state index is 11.7. The van der Waals surface area contributed by atoms with Gasteiger partial charge in [-0.2, -0.15) is 0 Å². The molecule has 0 saturated carbocycles. The zero-order valence-corrected chi connectivity index (χ0v) is 18.0. The number of ether oxygens (including phenoxy) is 1. The SMILES string of the molecule is CCCNC(=O)CN1CCN(CC(O)COCc2cccs2)CC1.O=C(O)C(=O)O. The number of carboxylic acid groups (broad SMARTS) is 2. The van der Waals surface area contributed by atoms with Gasteiger partial charge in [0.1, 0.15) is 0 Å². The second kappa shape index (κ2) is 14.9. The Hall–Kier alpha value is -2.05. The summed E-state index contributed by atoms with van der Waals surface area (Å²) in [6.07, 6.45) is 0.496. The predicted molar refractivity (Wildman–Crippen MR) is 111 cm³/mol. The second-order valence-corrected chi connectivity index (χ2v) is 7.82. The number of aliphatic carboxylic acids is 2. The number of hydrogen-bond acceptors (Lipinski definition) is 8. The van der Waals surface area contributed by atoms with Crippen molar-refractivity contribution in [3.63, 3.8) is 0 Å². The molecule has 1 unspecified atom stereocenters. The van der Waals surface area contributed by atoms with Gasteiger partial charge in [0.25, 0.3) is 0 Å². The molecule has 0 aromatic carbocycles. The van der Waals surface area contributed by atoms with E-state index in [2.05, 4.69) is 22.0 Å². The number of thiophene rings is 1. The summed E-state index contributed by atoms with van der Waals surface area (Å²) in [5.74, 6) is -3.54. The van der Waals surface area contributed by atoms with Crippen molar-refractivity contribution in [2.45, 2.75) is 26.1 Å². The van der Waals surface area contributed by atoms with Gasteiger partial charge in [-0.25, -0.2) is 9.59 Å². The molecule has 4 N–H and O–H groups in total. The molecular formula is C19H31N3O7S. The molecule has 30 heavy (non-hydrogen) atoms. The number of aliphatic hydroxyl groups is 1. The van der Waals surface area contributed by atoms with Gasteiger partial charge in [-0.05, 0) is 17.9 Å². The van der Waals surface area contributed by atoms with E-state index in [0.29, 0.717) is 26.3 Å². The summed E-state index contributed by atoms with van der Waals surface area (Å²) in [4.78, 5) is 35.5. The van der Waals surface area contributed by atoms with E-state index in [1.807, 2.05) is 17.5 Å². The third kappa shape index (κ3) is 11.8. The average Bonchev–Trinajstić information content (AvgIpc) is 3.22. The number of piperazine rings is 1. The zero-order valence-electron chi connectivity index (χ0n) is 17.2. The fraction of sp³-hybridized carbons (Fsp3) is 0.632. The van der Waals surface area contributed by atoms with Crippen molar-refractivity contribution in [1.82, 2.24) is 15.1 Å². The molecular weight excluding hydrogens is 414 g/mol. The molecule has 10 nitrogen and oxygen atoms in total. The third-order valence-electron chi connectivity index (χ3n) is 4.19. The number of amides is 1. The van der Waals surface area contributed by atoms with Gasteiger partial charge in [-0.1, -0.05) is 13.0 Å². The van der Waals surface area contributed by atoms with Crippen LogP contribution in [0.4, 0.5) is 0 Å². The van der Waals surface area contributed by atoms with Crippen LogP contribution in [-0.4, -0.2) is 101 Å². The molecule has 0 spiro atoms. The number of nitrogens with zero attached hydrogens (tertiary/aromatic N) is 2. The first-order chi connectivity index (χ1) is 14.3. The summed E-state index contributed by atoms with van der Waals surface area (Å²) in [5, 5.41) is 29.8. The van der Waals surface area contributed by atoms with Crippen molar-refractivity contribution in [3.05, 3.63) is 22.4 Å².